The highest BCUT2D eigenvalue weighted by molar-refractivity contribution is 5.89. The lowest BCUT2D eigenvalue weighted by Gasteiger charge is -2.06. The van der Waals surface area contributed by atoms with Gasteiger partial charge in [-0.1, -0.05) is 25.1 Å². The average Bonchev–Trinajstić information content (AvgIpc) is 2.87. The lowest BCUT2D eigenvalue weighted by atomic mass is 10.1. The van der Waals surface area contributed by atoms with Gasteiger partial charge in [-0.05, 0) is 18.1 Å². The van der Waals surface area contributed by atoms with Crippen molar-refractivity contribution in [1.82, 2.24) is 15.1 Å². The number of nitrogens with one attached hydrogen (secondary N) is 1. The van der Waals surface area contributed by atoms with Gasteiger partial charge in [0.25, 0.3) is 0 Å². The number of hydrogen-bond donors (Lipinski definition) is 2. The van der Waals surface area contributed by atoms with E-state index in [1.165, 1.54) is 0 Å². The van der Waals surface area contributed by atoms with Crippen LogP contribution < -0.4 is 5.32 Å². The third-order valence-electron chi connectivity index (χ3n) is 3.03. The summed E-state index contributed by atoms with van der Waals surface area (Å²) in [5, 5.41) is 16.6. The molecule has 1 aromatic heterocycles. The Morgan fingerprint density at radius 2 is 2.10 bits per heavy atom. The first-order chi connectivity index (χ1) is 9.70. The lowest BCUT2D eigenvalue weighted by Crippen LogP contribution is -2.15. The molecule has 0 aliphatic rings. The smallest absolute Gasteiger partial charge is 0.336 e. The summed E-state index contributed by atoms with van der Waals surface area (Å²) >= 11 is 0. The highest BCUT2D eigenvalue weighted by Gasteiger charge is 2.08. The Kier molecular flexibility index (Phi) is 6.91. The Bertz CT molecular complexity index is 584. The summed E-state index contributed by atoms with van der Waals surface area (Å²) in [7, 11) is 0. The number of halogens is 1. The highest BCUT2D eigenvalue weighted by atomic mass is 35.5. The monoisotopic (exact) mass is 309 g/mol. The number of rotatable bonds is 7. The van der Waals surface area contributed by atoms with Gasteiger partial charge in [0.15, 0.2) is 0 Å². The number of carbonyl (C=O) groups is 1. The Labute approximate surface area is 130 Å². The minimum atomic E-state index is -0.891. The predicted molar refractivity (Wildman–Crippen MR) is 83.7 cm³/mol. The molecule has 21 heavy (non-hydrogen) atoms. The molecule has 0 spiro atoms. The normalized spacial score (nSPS) is 10.1. The molecule has 0 fully saturated rings. The zero-order valence-corrected chi connectivity index (χ0v) is 12.8. The number of aromatic carboxylic acids is 1. The third-order valence-corrected chi connectivity index (χ3v) is 3.03. The summed E-state index contributed by atoms with van der Waals surface area (Å²) in [5.74, 6) is -0.891. The molecule has 2 rings (SSSR count). The van der Waals surface area contributed by atoms with Crippen LogP contribution in [-0.4, -0.2) is 20.9 Å². The summed E-state index contributed by atoms with van der Waals surface area (Å²) in [4.78, 5) is 11.1. The number of aryl methyl sites for hydroxylation is 1. The molecule has 114 valence electrons. The first-order valence-corrected chi connectivity index (χ1v) is 6.74. The van der Waals surface area contributed by atoms with E-state index in [0.29, 0.717) is 18.7 Å². The molecule has 0 amide bonds. The van der Waals surface area contributed by atoms with Crippen molar-refractivity contribution in [3.63, 3.8) is 0 Å². The van der Waals surface area contributed by atoms with Crippen molar-refractivity contribution in [3.05, 3.63) is 53.3 Å². The van der Waals surface area contributed by atoms with Crippen LogP contribution in [0.2, 0.25) is 0 Å². The van der Waals surface area contributed by atoms with E-state index in [2.05, 4.69) is 17.3 Å². The number of benzene rings is 1. The Morgan fingerprint density at radius 1 is 1.33 bits per heavy atom. The maximum absolute atomic E-state index is 11.1. The maximum atomic E-state index is 11.1. The first-order valence-electron chi connectivity index (χ1n) is 6.74. The minimum absolute atomic E-state index is 0. The van der Waals surface area contributed by atoms with Gasteiger partial charge >= 0.3 is 5.97 Å². The highest BCUT2D eigenvalue weighted by Crippen LogP contribution is 2.09. The first kappa shape index (κ1) is 17.2. The molecule has 6 heteroatoms. The van der Waals surface area contributed by atoms with Crippen LogP contribution in [0.3, 0.4) is 0 Å². The number of nitrogens with zero attached hydrogens (tertiary/aromatic N) is 2. The molecule has 0 aliphatic carbocycles. The summed E-state index contributed by atoms with van der Waals surface area (Å²) in [6.07, 6.45) is 4.91. The van der Waals surface area contributed by atoms with E-state index < -0.39 is 5.97 Å². The fourth-order valence-electron chi connectivity index (χ4n) is 2.07. The third kappa shape index (κ3) is 4.88. The van der Waals surface area contributed by atoms with Crippen molar-refractivity contribution in [2.24, 2.45) is 0 Å². The molecule has 5 nitrogen and oxygen atoms in total. The molecule has 0 radical (unpaired) electrons. The van der Waals surface area contributed by atoms with Gasteiger partial charge in [-0.3, -0.25) is 4.68 Å². The summed E-state index contributed by atoms with van der Waals surface area (Å²) in [5.41, 5.74) is 2.24. The quantitative estimate of drug-likeness (QED) is 0.825. The van der Waals surface area contributed by atoms with Gasteiger partial charge < -0.3 is 10.4 Å². The fourth-order valence-corrected chi connectivity index (χ4v) is 2.07. The minimum Gasteiger partial charge on any atom is -0.478 e. The Morgan fingerprint density at radius 3 is 2.81 bits per heavy atom. The van der Waals surface area contributed by atoms with Crippen LogP contribution in [0.15, 0.2) is 36.7 Å². The van der Waals surface area contributed by atoms with Crippen molar-refractivity contribution < 1.29 is 9.90 Å². The molecular weight excluding hydrogens is 290 g/mol. The number of aromatic nitrogens is 2. The molecule has 0 aliphatic heterocycles. The van der Waals surface area contributed by atoms with Gasteiger partial charge in [-0.15, -0.1) is 12.4 Å². The molecule has 0 saturated heterocycles. The van der Waals surface area contributed by atoms with Crippen LogP contribution in [0.1, 0.15) is 34.8 Å². The van der Waals surface area contributed by atoms with E-state index >= 15 is 0 Å². The second-order valence-electron chi connectivity index (χ2n) is 4.68. The fraction of sp³-hybridized carbons (Fsp3) is 0.333. The van der Waals surface area contributed by atoms with Crippen LogP contribution in [0.4, 0.5) is 0 Å². The van der Waals surface area contributed by atoms with Crippen LogP contribution in [0, 0.1) is 0 Å². The van der Waals surface area contributed by atoms with Crippen LogP contribution in [0.5, 0.6) is 0 Å². The lowest BCUT2D eigenvalue weighted by molar-refractivity contribution is 0.0695. The van der Waals surface area contributed by atoms with Gasteiger partial charge in [0.1, 0.15) is 0 Å². The molecular formula is C15H20ClN3O2. The van der Waals surface area contributed by atoms with Crippen LogP contribution in [-0.2, 0) is 19.6 Å². The molecule has 0 saturated carbocycles. The number of carboxylic acid groups (broad SMARTS) is 1. The summed E-state index contributed by atoms with van der Waals surface area (Å²) in [6.45, 7) is 4.24. The molecule has 2 N–H and O–H groups in total. The second kappa shape index (κ2) is 8.44. The van der Waals surface area contributed by atoms with E-state index in [0.717, 1.165) is 24.1 Å². The molecule has 2 aromatic rings. The van der Waals surface area contributed by atoms with Gasteiger partial charge in [-0.25, -0.2) is 4.79 Å². The van der Waals surface area contributed by atoms with E-state index in [4.69, 9.17) is 5.11 Å². The largest absolute Gasteiger partial charge is 0.478 e. The Balaban J connectivity index is 0.00000220. The molecule has 0 bridgehead atoms. The van der Waals surface area contributed by atoms with Crippen LogP contribution in [0.25, 0.3) is 0 Å². The van der Waals surface area contributed by atoms with Gasteiger partial charge in [0.05, 0.1) is 11.8 Å². The maximum Gasteiger partial charge on any atom is 0.336 e. The van der Waals surface area contributed by atoms with Crippen molar-refractivity contribution in [3.8, 4) is 0 Å². The van der Waals surface area contributed by atoms with Gasteiger partial charge in [-0.2, -0.15) is 5.10 Å². The standard InChI is InChI=1S/C15H19N3O2.ClH/c1-2-7-18-11-12(9-17-18)8-16-10-13-5-3-4-6-14(13)15(19)20;/h3-6,9,11,16H,2,7-8,10H2,1H3,(H,19,20);1H. The molecule has 0 atom stereocenters. The molecule has 1 aromatic carbocycles. The average molecular weight is 310 g/mol. The zero-order valence-electron chi connectivity index (χ0n) is 12.0. The zero-order chi connectivity index (χ0) is 14.4. The van der Waals surface area contributed by atoms with Gasteiger partial charge in [0, 0.05) is 31.4 Å². The van der Waals surface area contributed by atoms with E-state index in [1.54, 1.807) is 12.1 Å². The summed E-state index contributed by atoms with van der Waals surface area (Å²) in [6, 6.07) is 7.04. The second-order valence-corrected chi connectivity index (χ2v) is 4.68. The summed E-state index contributed by atoms with van der Waals surface area (Å²) < 4.78 is 1.92. The Hall–Kier alpha value is -1.85. The van der Waals surface area contributed by atoms with Crippen molar-refractivity contribution >= 4 is 18.4 Å². The van der Waals surface area contributed by atoms with Crippen molar-refractivity contribution in [1.29, 1.82) is 0 Å². The predicted octanol–water partition coefficient (Wildman–Crippen LogP) is 2.70. The number of carboxylic acids is 1. The van der Waals surface area contributed by atoms with E-state index in [9.17, 15) is 4.79 Å². The van der Waals surface area contributed by atoms with Gasteiger partial charge in [0.2, 0.25) is 0 Å². The number of hydrogen-bond acceptors (Lipinski definition) is 3. The van der Waals surface area contributed by atoms with E-state index in [1.807, 2.05) is 29.2 Å². The SMILES string of the molecule is CCCn1cc(CNCc2ccccc2C(=O)O)cn1.Cl. The van der Waals surface area contributed by atoms with Crippen molar-refractivity contribution in [2.45, 2.75) is 33.0 Å². The topological polar surface area (TPSA) is 67.2 Å². The van der Waals surface area contributed by atoms with E-state index in [-0.39, 0.29) is 12.4 Å². The van der Waals surface area contributed by atoms with Crippen molar-refractivity contribution in [2.75, 3.05) is 0 Å². The van der Waals surface area contributed by atoms with Crippen LogP contribution >= 0.6 is 12.4 Å². The molecule has 1 heterocycles. The molecule has 0 unspecified atom stereocenters.